The molecule has 0 spiro atoms. The summed E-state index contributed by atoms with van der Waals surface area (Å²) in [6.45, 7) is 4.33. The molecule has 0 aliphatic heterocycles. The van der Waals surface area contributed by atoms with E-state index in [4.69, 9.17) is 18.5 Å². The standard InChI is InChI=1S/C43H84NO8P/c1-5-7-9-11-13-15-17-18-19-20-21-22-23-24-26-28-30-32-34-36-43(46)52-41(40-51-53(47,48)50-38-37-44(3)4)39-49-42(45)35-33-31-29-27-25-16-14-12-10-8-6-2/h18-19,41H,5-17,20-40H2,1-4H3,(H,47,48)/b19-18-. The number of likely N-dealkylation sites (N-methyl/N-ethyl adjacent to an activating group) is 1. The fourth-order valence-electron chi connectivity index (χ4n) is 6.15. The zero-order valence-electron chi connectivity index (χ0n) is 35.0. The van der Waals surface area contributed by atoms with Crippen molar-refractivity contribution in [2.45, 2.75) is 213 Å². The van der Waals surface area contributed by atoms with Crippen LogP contribution in [0.1, 0.15) is 206 Å². The molecule has 0 saturated carbocycles. The summed E-state index contributed by atoms with van der Waals surface area (Å²) in [5.41, 5.74) is 0. The summed E-state index contributed by atoms with van der Waals surface area (Å²) in [5.74, 6) is -0.797. The van der Waals surface area contributed by atoms with Crippen molar-refractivity contribution >= 4 is 19.8 Å². The molecule has 0 aliphatic carbocycles. The molecule has 2 atom stereocenters. The third-order valence-electron chi connectivity index (χ3n) is 9.57. The number of phosphoric acid groups is 1. The lowest BCUT2D eigenvalue weighted by molar-refractivity contribution is -0.161. The van der Waals surface area contributed by atoms with Crippen LogP contribution < -0.4 is 0 Å². The number of allylic oxidation sites excluding steroid dienone is 2. The summed E-state index contributed by atoms with van der Waals surface area (Å²) in [7, 11) is -0.703. The topological polar surface area (TPSA) is 112 Å². The van der Waals surface area contributed by atoms with Crippen molar-refractivity contribution in [3.8, 4) is 0 Å². The predicted octanol–water partition coefficient (Wildman–Crippen LogP) is 12.4. The van der Waals surface area contributed by atoms with Crippen LogP contribution in [0, 0.1) is 0 Å². The van der Waals surface area contributed by atoms with E-state index in [9.17, 15) is 19.0 Å². The SMILES string of the molecule is CCCCCCCC/C=C\CCCCCCCCCCCC(=O)OC(COC(=O)CCCCCCCCCCCCC)COP(=O)(O)OCCN(C)C. The third-order valence-corrected chi connectivity index (χ3v) is 10.6. The highest BCUT2D eigenvalue weighted by molar-refractivity contribution is 7.47. The average molecular weight is 774 g/mol. The van der Waals surface area contributed by atoms with Crippen molar-refractivity contribution in [3.05, 3.63) is 12.2 Å². The van der Waals surface area contributed by atoms with Gasteiger partial charge >= 0.3 is 19.8 Å². The number of rotatable bonds is 41. The zero-order chi connectivity index (χ0) is 39.1. The van der Waals surface area contributed by atoms with Crippen LogP contribution in [0.5, 0.6) is 0 Å². The molecule has 0 saturated heterocycles. The monoisotopic (exact) mass is 774 g/mol. The van der Waals surface area contributed by atoms with E-state index in [1.54, 1.807) is 0 Å². The molecule has 2 unspecified atom stereocenters. The maximum Gasteiger partial charge on any atom is 0.472 e. The highest BCUT2D eigenvalue weighted by atomic mass is 31.2. The Kier molecular flexibility index (Phi) is 38.1. The van der Waals surface area contributed by atoms with Gasteiger partial charge in [0, 0.05) is 19.4 Å². The molecule has 0 fully saturated rings. The summed E-state index contributed by atoms with van der Waals surface area (Å²) in [4.78, 5) is 37.0. The van der Waals surface area contributed by atoms with Crippen LogP contribution in [0.3, 0.4) is 0 Å². The van der Waals surface area contributed by atoms with Crippen molar-refractivity contribution in [1.29, 1.82) is 0 Å². The van der Waals surface area contributed by atoms with E-state index in [1.807, 2.05) is 19.0 Å². The minimum atomic E-state index is -4.35. The van der Waals surface area contributed by atoms with Gasteiger partial charge < -0.3 is 19.3 Å². The highest BCUT2D eigenvalue weighted by Gasteiger charge is 2.26. The Balaban J connectivity index is 4.22. The van der Waals surface area contributed by atoms with Gasteiger partial charge in [-0.1, -0.05) is 167 Å². The Morgan fingerprint density at radius 2 is 0.962 bits per heavy atom. The smallest absolute Gasteiger partial charge is 0.462 e. The first-order valence-corrected chi connectivity index (χ1v) is 23.5. The van der Waals surface area contributed by atoms with Crippen LogP contribution in [0.15, 0.2) is 12.2 Å². The Hall–Kier alpha value is -1.25. The van der Waals surface area contributed by atoms with Gasteiger partial charge in [-0.05, 0) is 52.6 Å². The fraction of sp³-hybridized carbons (Fsp3) is 0.907. The molecule has 1 N–H and O–H groups in total. The van der Waals surface area contributed by atoms with E-state index in [2.05, 4.69) is 26.0 Å². The summed E-state index contributed by atoms with van der Waals surface area (Å²) in [6, 6.07) is 0. The molecule has 314 valence electrons. The average Bonchev–Trinajstić information content (AvgIpc) is 3.12. The molecule has 53 heavy (non-hydrogen) atoms. The number of esters is 2. The lowest BCUT2D eigenvalue weighted by Gasteiger charge is -2.20. The third kappa shape index (κ3) is 40.2. The van der Waals surface area contributed by atoms with E-state index in [-0.39, 0.29) is 25.6 Å². The first kappa shape index (κ1) is 51.8. The quantitative estimate of drug-likeness (QED) is 0.0281. The molecule has 0 bridgehead atoms. The number of carbonyl (C=O) groups is 2. The molecule has 0 aromatic rings. The van der Waals surface area contributed by atoms with Crippen LogP contribution in [-0.4, -0.2) is 68.3 Å². The van der Waals surface area contributed by atoms with Gasteiger partial charge in [-0.3, -0.25) is 18.6 Å². The largest absolute Gasteiger partial charge is 0.472 e. The first-order chi connectivity index (χ1) is 25.7. The molecule has 9 nitrogen and oxygen atoms in total. The maximum atomic E-state index is 12.6. The molecular formula is C43H84NO8P. The number of hydrogen-bond donors (Lipinski definition) is 1. The molecule has 0 aromatic carbocycles. The first-order valence-electron chi connectivity index (χ1n) is 22.0. The van der Waals surface area contributed by atoms with E-state index in [0.717, 1.165) is 32.1 Å². The van der Waals surface area contributed by atoms with Gasteiger partial charge in [-0.25, -0.2) is 4.57 Å². The van der Waals surface area contributed by atoms with Crippen molar-refractivity contribution in [1.82, 2.24) is 4.90 Å². The number of hydrogen-bond acceptors (Lipinski definition) is 8. The van der Waals surface area contributed by atoms with Crippen molar-refractivity contribution in [2.75, 3.05) is 40.5 Å². The van der Waals surface area contributed by atoms with Gasteiger partial charge in [-0.15, -0.1) is 0 Å². The number of nitrogens with zero attached hydrogens (tertiary/aromatic N) is 1. The minimum absolute atomic E-state index is 0.0101. The second-order valence-corrected chi connectivity index (χ2v) is 16.7. The van der Waals surface area contributed by atoms with Crippen LogP contribution in [0.4, 0.5) is 0 Å². The van der Waals surface area contributed by atoms with Crippen molar-refractivity contribution in [3.63, 3.8) is 0 Å². The Morgan fingerprint density at radius 3 is 1.40 bits per heavy atom. The molecule has 10 heteroatoms. The van der Waals surface area contributed by atoms with Gasteiger partial charge in [0.15, 0.2) is 6.10 Å². The molecule has 0 rings (SSSR count). The molecule has 0 heterocycles. The van der Waals surface area contributed by atoms with E-state index >= 15 is 0 Å². The van der Waals surface area contributed by atoms with Gasteiger partial charge in [0.05, 0.1) is 13.2 Å². The van der Waals surface area contributed by atoms with Crippen LogP contribution >= 0.6 is 7.82 Å². The predicted molar refractivity (Wildman–Crippen MR) is 220 cm³/mol. The number of carbonyl (C=O) groups excluding carboxylic acids is 2. The summed E-state index contributed by atoms with van der Waals surface area (Å²) in [5, 5.41) is 0. The van der Waals surface area contributed by atoms with Gasteiger partial charge in [0.2, 0.25) is 0 Å². The molecule has 0 aromatic heterocycles. The van der Waals surface area contributed by atoms with E-state index < -0.39 is 26.5 Å². The molecule has 0 radical (unpaired) electrons. The summed E-state index contributed by atoms with van der Waals surface area (Å²) < 4.78 is 33.4. The zero-order valence-corrected chi connectivity index (χ0v) is 35.9. The van der Waals surface area contributed by atoms with Crippen LogP contribution in [0.25, 0.3) is 0 Å². The lowest BCUT2D eigenvalue weighted by Crippen LogP contribution is -2.29. The van der Waals surface area contributed by atoms with Gasteiger partial charge in [0.25, 0.3) is 0 Å². The lowest BCUT2D eigenvalue weighted by atomic mass is 10.1. The fourth-order valence-corrected chi connectivity index (χ4v) is 6.89. The Morgan fingerprint density at radius 1 is 0.566 bits per heavy atom. The second kappa shape index (κ2) is 39.0. The molecule has 0 aliphatic rings. The van der Waals surface area contributed by atoms with E-state index in [0.29, 0.717) is 19.4 Å². The van der Waals surface area contributed by atoms with Gasteiger partial charge in [-0.2, -0.15) is 0 Å². The van der Waals surface area contributed by atoms with Gasteiger partial charge in [0.1, 0.15) is 6.61 Å². The van der Waals surface area contributed by atoms with Crippen molar-refractivity contribution in [2.24, 2.45) is 0 Å². The summed E-state index contributed by atoms with van der Waals surface area (Å²) >= 11 is 0. The van der Waals surface area contributed by atoms with Crippen LogP contribution in [0.2, 0.25) is 0 Å². The Bertz CT molecular complexity index is 900. The number of ether oxygens (including phenoxy) is 2. The number of phosphoric ester groups is 1. The van der Waals surface area contributed by atoms with Crippen molar-refractivity contribution < 1.29 is 37.6 Å². The molecule has 0 amide bonds. The minimum Gasteiger partial charge on any atom is -0.462 e. The van der Waals surface area contributed by atoms with Crippen LogP contribution in [-0.2, 0) is 32.7 Å². The maximum absolute atomic E-state index is 12.6. The van der Waals surface area contributed by atoms with E-state index in [1.165, 1.54) is 141 Å². The second-order valence-electron chi connectivity index (χ2n) is 15.2. The Labute approximate surface area is 326 Å². The normalized spacial score (nSPS) is 13.5. The summed E-state index contributed by atoms with van der Waals surface area (Å²) in [6.07, 6.45) is 38.2. The molecular weight excluding hydrogens is 689 g/mol. The number of unbranched alkanes of at least 4 members (excludes halogenated alkanes) is 25. The highest BCUT2D eigenvalue weighted by Crippen LogP contribution is 2.43.